The van der Waals surface area contributed by atoms with Crippen LogP contribution in [0.4, 0.5) is 21.9 Å². The predicted octanol–water partition coefficient (Wildman–Crippen LogP) is 5.94. The van der Waals surface area contributed by atoms with Crippen molar-refractivity contribution >= 4 is 40.6 Å². The van der Waals surface area contributed by atoms with Crippen molar-refractivity contribution in [3.05, 3.63) is 82.9 Å². The zero-order valence-corrected chi connectivity index (χ0v) is 17.4. The van der Waals surface area contributed by atoms with Gasteiger partial charge in [0.15, 0.2) is 0 Å². The summed E-state index contributed by atoms with van der Waals surface area (Å²) < 4.78 is 5.60. The van der Waals surface area contributed by atoms with Crippen molar-refractivity contribution in [3.63, 3.8) is 0 Å². The number of aryl methyl sites for hydroxylation is 1. The molecular weight excluding hydrogens is 402 g/mol. The van der Waals surface area contributed by atoms with Crippen LogP contribution in [0.5, 0.6) is 5.75 Å². The molecule has 0 unspecified atom stereocenters. The molecule has 0 radical (unpaired) electrons. The third-order valence-electron chi connectivity index (χ3n) is 4.27. The van der Waals surface area contributed by atoms with Gasteiger partial charge in [0.05, 0.1) is 12.3 Å². The Morgan fingerprint density at radius 3 is 2.37 bits per heavy atom. The standard InChI is InChI=1S/C23H22ClN3O3/c1-3-30-21-12-11-18(25-22(28)16-7-5-4-6-8-16)14-20(21)27-23(29)26-19-13-17(24)10-9-15(19)2/h4-14H,3H2,1-2H3,(H,25,28)(H2,26,27,29). The van der Waals surface area contributed by atoms with Crippen LogP contribution in [0.2, 0.25) is 5.02 Å². The summed E-state index contributed by atoms with van der Waals surface area (Å²) in [6, 6.07) is 18.8. The van der Waals surface area contributed by atoms with Crippen LogP contribution in [-0.2, 0) is 0 Å². The van der Waals surface area contributed by atoms with E-state index in [1.807, 2.05) is 26.0 Å². The van der Waals surface area contributed by atoms with Crippen molar-refractivity contribution in [2.24, 2.45) is 0 Å². The SMILES string of the molecule is CCOc1ccc(NC(=O)c2ccccc2)cc1NC(=O)Nc1cc(Cl)ccc1C. The number of carbonyl (C=O) groups excluding carboxylic acids is 2. The summed E-state index contributed by atoms with van der Waals surface area (Å²) in [6.07, 6.45) is 0. The van der Waals surface area contributed by atoms with E-state index in [0.717, 1.165) is 5.56 Å². The Hall–Kier alpha value is -3.51. The van der Waals surface area contributed by atoms with Gasteiger partial charge >= 0.3 is 6.03 Å². The monoisotopic (exact) mass is 423 g/mol. The normalized spacial score (nSPS) is 10.2. The van der Waals surface area contributed by atoms with Crippen LogP contribution in [0.15, 0.2) is 66.7 Å². The van der Waals surface area contributed by atoms with E-state index in [-0.39, 0.29) is 5.91 Å². The summed E-state index contributed by atoms with van der Waals surface area (Å²) in [6.45, 7) is 4.15. The van der Waals surface area contributed by atoms with E-state index in [9.17, 15) is 9.59 Å². The Labute approximate surface area is 180 Å². The number of rotatable bonds is 6. The van der Waals surface area contributed by atoms with Crippen molar-refractivity contribution in [1.82, 2.24) is 0 Å². The summed E-state index contributed by atoms with van der Waals surface area (Å²) >= 11 is 6.01. The average molecular weight is 424 g/mol. The molecule has 3 aromatic carbocycles. The molecule has 0 saturated heterocycles. The van der Waals surface area contributed by atoms with E-state index in [2.05, 4.69) is 16.0 Å². The molecule has 0 bridgehead atoms. The van der Waals surface area contributed by atoms with Gasteiger partial charge < -0.3 is 20.7 Å². The van der Waals surface area contributed by atoms with Gasteiger partial charge in [-0.25, -0.2) is 4.79 Å². The van der Waals surface area contributed by atoms with Gasteiger partial charge in [-0.05, 0) is 61.9 Å². The van der Waals surface area contributed by atoms with Crippen LogP contribution in [0.25, 0.3) is 0 Å². The van der Waals surface area contributed by atoms with Gasteiger partial charge in [-0.2, -0.15) is 0 Å². The molecule has 3 N–H and O–H groups in total. The molecule has 30 heavy (non-hydrogen) atoms. The number of hydrogen-bond donors (Lipinski definition) is 3. The third-order valence-corrected chi connectivity index (χ3v) is 4.50. The highest BCUT2D eigenvalue weighted by Gasteiger charge is 2.12. The van der Waals surface area contributed by atoms with Crippen LogP contribution in [0, 0.1) is 6.92 Å². The molecule has 0 aromatic heterocycles. The Bertz CT molecular complexity index is 1050. The average Bonchev–Trinajstić information content (AvgIpc) is 2.73. The van der Waals surface area contributed by atoms with Crippen LogP contribution >= 0.6 is 11.6 Å². The van der Waals surface area contributed by atoms with E-state index in [4.69, 9.17) is 16.3 Å². The molecular formula is C23H22ClN3O3. The number of amides is 3. The third kappa shape index (κ3) is 5.52. The summed E-state index contributed by atoms with van der Waals surface area (Å²) in [5.74, 6) is 0.248. The first-order valence-corrected chi connectivity index (χ1v) is 9.81. The number of halogens is 1. The Morgan fingerprint density at radius 1 is 0.900 bits per heavy atom. The number of nitrogens with one attached hydrogen (secondary N) is 3. The summed E-state index contributed by atoms with van der Waals surface area (Å²) in [5.41, 5.74) is 2.98. The maximum Gasteiger partial charge on any atom is 0.323 e. The number of urea groups is 1. The van der Waals surface area contributed by atoms with Gasteiger partial charge in [0.25, 0.3) is 5.91 Å². The molecule has 0 saturated carbocycles. The number of benzene rings is 3. The van der Waals surface area contributed by atoms with Gasteiger partial charge in [-0.1, -0.05) is 35.9 Å². The molecule has 0 spiro atoms. The van der Waals surface area contributed by atoms with Crippen molar-refractivity contribution < 1.29 is 14.3 Å². The number of carbonyl (C=O) groups is 2. The summed E-state index contributed by atoms with van der Waals surface area (Å²) in [7, 11) is 0. The minimum Gasteiger partial charge on any atom is -0.492 e. The lowest BCUT2D eigenvalue weighted by Gasteiger charge is -2.15. The highest BCUT2D eigenvalue weighted by molar-refractivity contribution is 6.31. The quantitative estimate of drug-likeness (QED) is 0.458. The lowest BCUT2D eigenvalue weighted by molar-refractivity contribution is 0.102. The smallest absolute Gasteiger partial charge is 0.323 e. The fourth-order valence-electron chi connectivity index (χ4n) is 2.78. The predicted molar refractivity (Wildman–Crippen MR) is 121 cm³/mol. The van der Waals surface area contributed by atoms with Crippen molar-refractivity contribution in [3.8, 4) is 5.75 Å². The second-order valence-electron chi connectivity index (χ2n) is 6.50. The van der Waals surface area contributed by atoms with Crippen molar-refractivity contribution in [2.45, 2.75) is 13.8 Å². The lowest BCUT2D eigenvalue weighted by atomic mass is 10.2. The number of hydrogen-bond acceptors (Lipinski definition) is 3. The van der Waals surface area contributed by atoms with Crippen molar-refractivity contribution in [2.75, 3.05) is 22.6 Å². The van der Waals surface area contributed by atoms with Crippen LogP contribution in [0.3, 0.4) is 0 Å². The Balaban J connectivity index is 1.78. The first-order chi connectivity index (χ1) is 14.5. The molecule has 0 atom stereocenters. The fraction of sp³-hybridized carbons (Fsp3) is 0.130. The summed E-state index contributed by atoms with van der Waals surface area (Å²) in [4.78, 5) is 25.0. The minimum absolute atomic E-state index is 0.246. The van der Waals surface area contributed by atoms with Gasteiger partial charge in [0, 0.05) is 22.0 Å². The lowest BCUT2D eigenvalue weighted by Crippen LogP contribution is -2.21. The maximum atomic E-state index is 12.5. The van der Waals surface area contributed by atoms with E-state index < -0.39 is 6.03 Å². The van der Waals surface area contributed by atoms with Crippen LogP contribution < -0.4 is 20.7 Å². The molecule has 3 rings (SSSR count). The Morgan fingerprint density at radius 2 is 1.63 bits per heavy atom. The van der Waals surface area contributed by atoms with Crippen molar-refractivity contribution in [1.29, 1.82) is 0 Å². The molecule has 0 aliphatic carbocycles. The fourth-order valence-corrected chi connectivity index (χ4v) is 2.96. The first-order valence-electron chi connectivity index (χ1n) is 9.43. The van der Waals surface area contributed by atoms with Gasteiger partial charge in [-0.15, -0.1) is 0 Å². The molecule has 154 valence electrons. The molecule has 7 heteroatoms. The molecule has 0 heterocycles. The molecule has 0 aliphatic rings. The molecule has 0 aliphatic heterocycles. The number of ether oxygens (including phenoxy) is 1. The van der Waals surface area contributed by atoms with Crippen LogP contribution in [-0.4, -0.2) is 18.5 Å². The van der Waals surface area contributed by atoms with E-state index in [0.29, 0.717) is 40.0 Å². The van der Waals surface area contributed by atoms with E-state index in [1.54, 1.807) is 54.6 Å². The van der Waals surface area contributed by atoms with Gasteiger partial charge in [-0.3, -0.25) is 4.79 Å². The van der Waals surface area contributed by atoms with Gasteiger partial charge in [0.2, 0.25) is 0 Å². The maximum absolute atomic E-state index is 12.5. The molecule has 6 nitrogen and oxygen atoms in total. The Kier molecular flexibility index (Phi) is 6.93. The van der Waals surface area contributed by atoms with Crippen LogP contribution in [0.1, 0.15) is 22.8 Å². The zero-order chi connectivity index (χ0) is 21.5. The molecule has 0 fully saturated rings. The molecule has 3 aromatic rings. The van der Waals surface area contributed by atoms with E-state index >= 15 is 0 Å². The first kappa shape index (κ1) is 21.2. The highest BCUT2D eigenvalue weighted by Crippen LogP contribution is 2.29. The topological polar surface area (TPSA) is 79.5 Å². The minimum atomic E-state index is -0.451. The molecule has 3 amide bonds. The second kappa shape index (κ2) is 9.80. The summed E-state index contributed by atoms with van der Waals surface area (Å²) in [5, 5.41) is 8.90. The number of anilines is 3. The van der Waals surface area contributed by atoms with E-state index in [1.165, 1.54) is 0 Å². The largest absolute Gasteiger partial charge is 0.492 e. The zero-order valence-electron chi connectivity index (χ0n) is 16.7. The van der Waals surface area contributed by atoms with Gasteiger partial charge in [0.1, 0.15) is 5.75 Å². The second-order valence-corrected chi connectivity index (χ2v) is 6.94. The highest BCUT2D eigenvalue weighted by atomic mass is 35.5.